The number of benzene rings is 1. The molecular formula is C16H23NO2. The van der Waals surface area contributed by atoms with Gasteiger partial charge in [0.1, 0.15) is 0 Å². The average molecular weight is 261 g/mol. The molecule has 0 radical (unpaired) electrons. The molecule has 1 fully saturated rings. The topological polar surface area (TPSA) is 40.5 Å². The number of carbonyl (C=O) groups is 1. The second kappa shape index (κ2) is 7.29. The Morgan fingerprint density at radius 2 is 1.74 bits per heavy atom. The Hall–Kier alpha value is -1.35. The van der Waals surface area contributed by atoms with Gasteiger partial charge in [0.15, 0.2) is 0 Å². The first-order chi connectivity index (χ1) is 9.33. The van der Waals surface area contributed by atoms with E-state index in [9.17, 15) is 9.90 Å². The third-order valence-electron chi connectivity index (χ3n) is 3.84. The van der Waals surface area contributed by atoms with Crippen molar-refractivity contribution in [1.82, 2.24) is 4.90 Å². The average Bonchev–Trinajstić information content (AvgIpc) is 2.74. The van der Waals surface area contributed by atoms with E-state index in [1.807, 2.05) is 35.2 Å². The summed E-state index contributed by atoms with van der Waals surface area (Å²) in [6, 6.07) is 9.83. The largest absolute Gasteiger partial charge is 0.396 e. The van der Waals surface area contributed by atoms with Crippen molar-refractivity contribution in [3.05, 3.63) is 35.9 Å². The van der Waals surface area contributed by atoms with Crippen LogP contribution in [-0.4, -0.2) is 35.6 Å². The molecule has 0 saturated carbocycles. The van der Waals surface area contributed by atoms with Crippen molar-refractivity contribution in [2.24, 2.45) is 0 Å². The van der Waals surface area contributed by atoms with E-state index in [2.05, 4.69) is 0 Å². The second-order valence-electron chi connectivity index (χ2n) is 5.22. The van der Waals surface area contributed by atoms with Crippen molar-refractivity contribution in [2.75, 3.05) is 19.7 Å². The highest BCUT2D eigenvalue weighted by Gasteiger charge is 2.25. The molecular weight excluding hydrogens is 238 g/mol. The quantitative estimate of drug-likeness (QED) is 0.905. The molecule has 1 saturated heterocycles. The van der Waals surface area contributed by atoms with Gasteiger partial charge < -0.3 is 10.0 Å². The third kappa shape index (κ3) is 3.80. The number of likely N-dealkylation sites (tertiary alicyclic amines) is 1. The van der Waals surface area contributed by atoms with Crippen molar-refractivity contribution in [3.8, 4) is 0 Å². The van der Waals surface area contributed by atoms with Crippen molar-refractivity contribution in [3.63, 3.8) is 0 Å². The molecule has 0 spiro atoms. The molecule has 1 atom stereocenters. The molecule has 1 aliphatic rings. The molecule has 19 heavy (non-hydrogen) atoms. The van der Waals surface area contributed by atoms with Crippen molar-refractivity contribution in [2.45, 2.75) is 38.0 Å². The summed E-state index contributed by atoms with van der Waals surface area (Å²) in [6.07, 6.45) is 5.16. The minimum atomic E-state index is -0.190. The Bertz CT molecular complexity index is 383. The van der Waals surface area contributed by atoms with E-state index in [4.69, 9.17) is 0 Å². The van der Waals surface area contributed by atoms with Crippen molar-refractivity contribution < 1.29 is 9.90 Å². The normalized spacial score (nSPS) is 17.8. The van der Waals surface area contributed by atoms with E-state index in [-0.39, 0.29) is 18.4 Å². The number of aliphatic hydroxyl groups excluding tert-OH is 1. The van der Waals surface area contributed by atoms with Crippen LogP contribution in [0.25, 0.3) is 0 Å². The summed E-state index contributed by atoms with van der Waals surface area (Å²) in [6.45, 7) is 1.79. The Morgan fingerprint density at radius 3 is 2.32 bits per heavy atom. The lowest BCUT2D eigenvalue weighted by Gasteiger charge is -2.26. The molecule has 0 aromatic heterocycles. The van der Waals surface area contributed by atoms with Gasteiger partial charge in [-0.2, -0.15) is 0 Å². The fraction of sp³-hybridized carbons (Fsp3) is 0.562. The first kappa shape index (κ1) is 14.1. The number of aliphatic hydroxyl groups is 1. The predicted octanol–water partition coefficient (Wildman–Crippen LogP) is 2.56. The van der Waals surface area contributed by atoms with E-state index >= 15 is 0 Å². The van der Waals surface area contributed by atoms with Crippen LogP contribution in [0.5, 0.6) is 0 Å². The highest BCUT2D eigenvalue weighted by molar-refractivity contribution is 5.83. The van der Waals surface area contributed by atoms with Crippen LogP contribution >= 0.6 is 0 Å². The number of nitrogens with zero attached hydrogens (tertiary/aromatic N) is 1. The highest BCUT2D eigenvalue weighted by Crippen LogP contribution is 2.23. The van der Waals surface area contributed by atoms with Gasteiger partial charge in [-0.3, -0.25) is 4.79 Å². The van der Waals surface area contributed by atoms with Crippen LogP contribution in [0.3, 0.4) is 0 Å². The molecule has 3 heteroatoms. The molecule has 2 rings (SSSR count). The van der Waals surface area contributed by atoms with Crippen LogP contribution in [0.2, 0.25) is 0 Å². The second-order valence-corrected chi connectivity index (χ2v) is 5.22. The van der Waals surface area contributed by atoms with Crippen LogP contribution < -0.4 is 0 Å². The number of amides is 1. The maximum Gasteiger partial charge on any atom is 0.230 e. The highest BCUT2D eigenvalue weighted by atomic mass is 16.3. The lowest BCUT2D eigenvalue weighted by molar-refractivity contribution is -0.133. The van der Waals surface area contributed by atoms with Gasteiger partial charge >= 0.3 is 0 Å². The Kier molecular flexibility index (Phi) is 5.40. The molecule has 1 aromatic carbocycles. The molecule has 1 N–H and O–H groups in total. The fourth-order valence-electron chi connectivity index (χ4n) is 2.76. The van der Waals surface area contributed by atoms with Gasteiger partial charge in [-0.15, -0.1) is 0 Å². The van der Waals surface area contributed by atoms with Crippen LogP contribution in [0.1, 0.15) is 43.6 Å². The molecule has 1 heterocycles. The molecule has 0 aliphatic carbocycles. The standard InChI is InChI=1S/C16H23NO2/c18-13-10-15(14-8-4-3-5-9-14)16(19)17-11-6-1-2-7-12-17/h3-5,8-9,15,18H,1-2,6-7,10-13H2/t15-/m1/s1. The zero-order valence-corrected chi connectivity index (χ0v) is 11.4. The van der Waals surface area contributed by atoms with E-state index in [0.717, 1.165) is 31.5 Å². The van der Waals surface area contributed by atoms with Crippen LogP contribution in [0, 0.1) is 0 Å². The SMILES string of the molecule is O=C([C@H](CCO)c1ccccc1)N1CCCCCC1. The monoisotopic (exact) mass is 261 g/mol. The number of rotatable bonds is 4. The minimum absolute atomic E-state index is 0.0547. The molecule has 104 valence electrons. The van der Waals surface area contributed by atoms with Crippen LogP contribution in [0.15, 0.2) is 30.3 Å². The number of carbonyl (C=O) groups excluding carboxylic acids is 1. The first-order valence-electron chi connectivity index (χ1n) is 7.27. The predicted molar refractivity (Wildman–Crippen MR) is 75.9 cm³/mol. The zero-order chi connectivity index (χ0) is 13.5. The first-order valence-corrected chi connectivity index (χ1v) is 7.27. The van der Waals surface area contributed by atoms with Gasteiger partial charge in [-0.05, 0) is 24.8 Å². The van der Waals surface area contributed by atoms with Crippen molar-refractivity contribution in [1.29, 1.82) is 0 Å². The van der Waals surface area contributed by atoms with Crippen LogP contribution in [0.4, 0.5) is 0 Å². The minimum Gasteiger partial charge on any atom is -0.396 e. The summed E-state index contributed by atoms with van der Waals surface area (Å²) in [5, 5.41) is 9.23. The lowest BCUT2D eigenvalue weighted by Crippen LogP contribution is -2.36. The molecule has 0 bridgehead atoms. The molecule has 1 aromatic rings. The van der Waals surface area contributed by atoms with Gasteiger partial charge in [-0.1, -0.05) is 43.2 Å². The third-order valence-corrected chi connectivity index (χ3v) is 3.84. The van der Waals surface area contributed by atoms with Crippen molar-refractivity contribution >= 4 is 5.91 Å². The summed E-state index contributed by atoms with van der Waals surface area (Å²) in [5.41, 5.74) is 1.02. The molecule has 0 unspecified atom stereocenters. The number of hydrogen-bond donors (Lipinski definition) is 1. The van der Waals surface area contributed by atoms with Gasteiger partial charge in [0.2, 0.25) is 5.91 Å². The van der Waals surface area contributed by atoms with E-state index < -0.39 is 0 Å². The van der Waals surface area contributed by atoms with Gasteiger partial charge in [0.05, 0.1) is 5.92 Å². The van der Waals surface area contributed by atoms with E-state index in [1.165, 1.54) is 12.8 Å². The summed E-state index contributed by atoms with van der Waals surface area (Å²) < 4.78 is 0. The van der Waals surface area contributed by atoms with Crippen LogP contribution in [-0.2, 0) is 4.79 Å². The fourth-order valence-corrected chi connectivity index (χ4v) is 2.76. The Labute approximate surface area is 115 Å². The van der Waals surface area contributed by atoms with Gasteiger partial charge in [0, 0.05) is 19.7 Å². The maximum absolute atomic E-state index is 12.7. The number of hydrogen-bond acceptors (Lipinski definition) is 2. The Balaban J connectivity index is 2.11. The van der Waals surface area contributed by atoms with Gasteiger partial charge in [0.25, 0.3) is 0 Å². The summed E-state index contributed by atoms with van der Waals surface area (Å²) in [7, 11) is 0. The smallest absolute Gasteiger partial charge is 0.230 e. The molecule has 1 aliphatic heterocycles. The zero-order valence-electron chi connectivity index (χ0n) is 11.4. The van der Waals surface area contributed by atoms with Gasteiger partial charge in [-0.25, -0.2) is 0 Å². The molecule has 3 nitrogen and oxygen atoms in total. The lowest BCUT2D eigenvalue weighted by atomic mass is 9.94. The molecule has 1 amide bonds. The summed E-state index contributed by atoms with van der Waals surface area (Å²) in [5.74, 6) is -0.00792. The summed E-state index contributed by atoms with van der Waals surface area (Å²) in [4.78, 5) is 14.6. The maximum atomic E-state index is 12.7. The Morgan fingerprint density at radius 1 is 1.11 bits per heavy atom. The van der Waals surface area contributed by atoms with E-state index in [1.54, 1.807) is 0 Å². The summed E-state index contributed by atoms with van der Waals surface area (Å²) >= 11 is 0. The van der Waals surface area contributed by atoms with E-state index in [0.29, 0.717) is 6.42 Å².